The zero-order valence-corrected chi connectivity index (χ0v) is 18.2. The highest BCUT2D eigenvalue weighted by molar-refractivity contribution is 6.09. The van der Waals surface area contributed by atoms with Crippen LogP contribution in [-0.4, -0.2) is 89.8 Å². The fourth-order valence-electron chi connectivity index (χ4n) is 3.82. The highest BCUT2D eigenvalue weighted by Crippen LogP contribution is 2.25. The van der Waals surface area contributed by atoms with Gasteiger partial charge in [-0.1, -0.05) is 13.8 Å². The monoisotopic (exact) mass is 424 g/mol. The number of amides is 5. The third-order valence-electron chi connectivity index (χ3n) is 6.01. The Kier molecular flexibility index (Phi) is 7.80. The van der Waals surface area contributed by atoms with Gasteiger partial charge >= 0.3 is 12.0 Å². The Labute approximate surface area is 176 Å². The molecule has 0 aromatic heterocycles. The van der Waals surface area contributed by atoms with Crippen molar-refractivity contribution in [2.24, 2.45) is 5.92 Å². The Morgan fingerprint density at radius 2 is 1.73 bits per heavy atom. The first kappa shape index (κ1) is 23.6. The van der Waals surface area contributed by atoms with E-state index in [9.17, 15) is 24.0 Å². The van der Waals surface area contributed by atoms with E-state index < -0.39 is 29.9 Å². The fourth-order valence-corrected chi connectivity index (χ4v) is 3.82. The predicted octanol–water partition coefficient (Wildman–Crippen LogP) is 0.357. The molecule has 0 atom stereocenters. The summed E-state index contributed by atoms with van der Waals surface area (Å²) < 4.78 is 5.02. The first-order valence-electron chi connectivity index (χ1n) is 10.5. The zero-order valence-electron chi connectivity index (χ0n) is 18.2. The van der Waals surface area contributed by atoms with Crippen LogP contribution in [0.5, 0.6) is 0 Å². The first-order valence-corrected chi connectivity index (χ1v) is 10.5. The molecular weight excluding hydrogens is 392 g/mol. The summed E-state index contributed by atoms with van der Waals surface area (Å²) in [5, 5.41) is 2.68. The Morgan fingerprint density at radius 3 is 2.23 bits per heavy atom. The highest BCUT2D eigenvalue weighted by atomic mass is 16.5. The second-order valence-corrected chi connectivity index (χ2v) is 7.77. The van der Waals surface area contributed by atoms with Crippen LogP contribution >= 0.6 is 0 Å². The Hall–Kier alpha value is -2.65. The molecule has 0 aromatic rings. The van der Waals surface area contributed by atoms with Gasteiger partial charge in [-0.05, 0) is 32.6 Å². The summed E-state index contributed by atoms with van der Waals surface area (Å²) >= 11 is 0. The van der Waals surface area contributed by atoms with Gasteiger partial charge in [0.15, 0.2) is 0 Å². The van der Waals surface area contributed by atoms with Crippen LogP contribution in [-0.2, 0) is 23.9 Å². The number of imide groups is 1. The van der Waals surface area contributed by atoms with E-state index in [0.29, 0.717) is 45.4 Å². The van der Waals surface area contributed by atoms with Crippen LogP contribution in [0.25, 0.3) is 0 Å². The molecule has 0 radical (unpaired) electrons. The summed E-state index contributed by atoms with van der Waals surface area (Å²) in [5.41, 5.74) is -0.963. The lowest BCUT2D eigenvalue weighted by Crippen LogP contribution is -2.49. The zero-order chi connectivity index (χ0) is 22.5. The van der Waals surface area contributed by atoms with E-state index in [-0.39, 0.29) is 24.3 Å². The molecule has 2 aliphatic rings. The molecule has 30 heavy (non-hydrogen) atoms. The van der Waals surface area contributed by atoms with Gasteiger partial charge in [0.25, 0.3) is 5.91 Å². The molecule has 10 nitrogen and oxygen atoms in total. The van der Waals surface area contributed by atoms with Crippen LogP contribution < -0.4 is 5.32 Å². The average molecular weight is 424 g/mol. The quantitative estimate of drug-likeness (QED) is 0.444. The number of carbonyl (C=O) groups excluding carboxylic acids is 5. The highest BCUT2D eigenvalue weighted by Gasteiger charge is 2.49. The van der Waals surface area contributed by atoms with E-state index in [1.54, 1.807) is 11.8 Å². The minimum Gasteiger partial charge on any atom is -0.466 e. The third-order valence-corrected chi connectivity index (χ3v) is 6.01. The number of rotatable bonds is 8. The molecule has 0 saturated carbocycles. The molecule has 2 saturated heterocycles. The van der Waals surface area contributed by atoms with Gasteiger partial charge in [0.2, 0.25) is 11.8 Å². The van der Waals surface area contributed by atoms with E-state index in [0.717, 1.165) is 4.90 Å². The fraction of sp³-hybridized carbons (Fsp3) is 0.750. The molecule has 10 heteroatoms. The molecule has 2 rings (SSSR count). The van der Waals surface area contributed by atoms with Gasteiger partial charge in [0, 0.05) is 20.1 Å². The minimum absolute atomic E-state index is 0.154. The second-order valence-electron chi connectivity index (χ2n) is 7.77. The molecular formula is C20H32N4O6. The minimum atomic E-state index is -0.963. The molecule has 5 amide bonds. The van der Waals surface area contributed by atoms with Crippen molar-refractivity contribution in [3.8, 4) is 0 Å². The Morgan fingerprint density at radius 1 is 1.13 bits per heavy atom. The number of hydrogen-bond donors (Lipinski definition) is 1. The molecule has 1 N–H and O–H groups in total. The van der Waals surface area contributed by atoms with Crippen molar-refractivity contribution in [3.05, 3.63) is 0 Å². The molecule has 2 fully saturated rings. The van der Waals surface area contributed by atoms with Gasteiger partial charge in [-0.2, -0.15) is 0 Å². The lowest BCUT2D eigenvalue weighted by molar-refractivity contribution is -0.151. The van der Waals surface area contributed by atoms with Crippen molar-refractivity contribution in [1.82, 2.24) is 20.0 Å². The van der Waals surface area contributed by atoms with E-state index >= 15 is 0 Å². The molecule has 0 spiro atoms. The maximum atomic E-state index is 12.6. The summed E-state index contributed by atoms with van der Waals surface area (Å²) in [6.45, 7) is 6.00. The van der Waals surface area contributed by atoms with Crippen LogP contribution in [0, 0.1) is 5.92 Å². The van der Waals surface area contributed by atoms with Gasteiger partial charge in [0.1, 0.15) is 12.1 Å². The van der Waals surface area contributed by atoms with E-state index in [1.807, 2.05) is 13.8 Å². The lowest BCUT2D eigenvalue weighted by Gasteiger charge is -2.32. The van der Waals surface area contributed by atoms with Crippen molar-refractivity contribution < 1.29 is 28.7 Å². The van der Waals surface area contributed by atoms with E-state index in [2.05, 4.69) is 5.32 Å². The second kappa shape index (κ2) is 9.90. The number of nitrogens with one attached hydrogen (secondary N) is 1. The van der Waals surface area contributed by atoms with E-state index in [1.165, 1.54) is 11.9 Å². The summed E-state index contributed by atoms with van der Waals surface area (Å²) in [5.74, 6) is -1.57. The number of piperidine rings is 1. The number of nitrogens with zero attached hydrogens (tertiary/aromatic N) is 3. The summed E-state index contributed by atoms with van der Waals surface area (Å²) in [6, 6.07) is -0.585. The van der Waals surface area contributed by atoms with Crippen molar-refractivity contribution in [2.45, 2.75) is 52.0 Å². The van der Waals surface area contributed by atoms with Gasteiger partial charge in [-0.25, -0.2) is 4.79 Å². The van der Waals surface area contributed by atoms with Crippen LogP contribution in [0.1, 0.15) is 46.5 Å². The number of ether oxygens (including phenoxy) is 1. The number of likely N-dealkylation sites (tertiary alicyclic amines) is 1. The number of urea groups is 1. The molecule has 0 unspecified atom stereocenters. The van der Waals surface area contributed by atoms with Crippen molar-refractivity contribution in [3.63, 3.8) is 0 Å². The van der Waals surface area contributed by atoms with Gasteiger partial charge < -0.3 is 19.9 Å². The molecule has 168 valence electrons. The largest absolute Gasteiger partial charge is 0.466 e. The van der Waals surface area contributed by atoms with Crippen LogP contribution in [0.3, 0.4) is 0 Å². The number of hydrogen-bond acceptors (Lipinski definition) is 6. The first-order chi connectivity index (χ1) is 14.2. The van der Waals surface area contributed by atoms with Gasteiger partial charge in [-0.15, -0.1) is 0 Å². The van der Waals surface area contributed by atoms with Gasteiger partial charge in [0.05, 0.1) is 19.1 Å². The van der Waals surface area contributed by atoms with Crippen molar-refractivity contribution in [2.75, 3.05) is 39.8 Å². The molecule has 0 aromatic carbocycles. The number of carbonyl (C=O) groups is 5. The third kappa shape index (κ3) is 4.91. The van der Waals surface area contributed by atoms with E-state index in [4.69, 9.17) is 4.74 Å². The normalized spacial score (nSPS) is 18.9. The number of esters is 1. The molecule has 2 heterocycles. The average Bonchev–Trinajstić information content (AvgIpc) is 2.98. The smallest absolute Gasteiger partial charge is 0.325 e. The van der Waals surface area contributed by atoms with Crippen LogP contribution in [0.2, 0.25) is 0 Å². The SMILES string of the molecule is CCOC(=O)C1CCN(C(=O)CN(C)C(=O)CN2C(=O)NC(CC)(CC)C2=O)CC1. The van der Waals surface area contributed by atoms with Gasteiger partial charge in [-0.3, -0.25) is 24.1 Å². The molecule has 2 aliphatic heterocycles. The van der Waals surface area contributed by atoms with Crippen molar-refractivity contribution in [1.29, 1.82) is 0 Å². The Bertz CT molecular complexity index is 697. The summed E-state index contributed by atoms with van der Waals surface area (Å²) in [6.07, 6.45) is 1.94. The topological polar surface area (TPSA) is 116 Å². The predicted molar refractivity (Wildman–Crippen MR) is 107 cm³/mol. The Balaban J connectivity index is 1.86. The summed E-state index contributed by atoms with van der Waals surface area (Å²) in [7, 11) is 1.47. The van der Waals surface area contributed by atoms with Crippen LogP contribution in [0.4, 0.5) is 4.79 Å². The van der Waals surface area contributed by atoms with Crippen LogP contribution in [0.15, 0.2) is 0 Å². The summed E-state index contributed by atoms with van der Waals surface area (Å²) in [4.78, 5) is 65.4. The number of likely N-dealkylation sites (N-methyl/N-ethyl adjacent to an activating group) is 1. The maximum Gasteiger partial charge on any atom is 0.325 e. The lowest BCUT2D eigenvalue weighted by atomic mass is 9.93. The molecule has 0 aliphatic carbocycles. The standard InChI is InChI=1S/C20H32N4O6/c1-5-20(6-2)18(28)24(19(29)21-20)13-15(25)22(4)12-16(26)23-10-8-14(9-11-23)17(27)30-7-3/h14H,5-13H2,1-4H3,(H,21,29). The maximum absolute atomic E-state index is 12.6. The molecule has 0 bridgehead atoms. The van der Waals surface area contributed by atoms with Crippen molar-refractivity contribution >= 4 is 29.7 Å².